The lowest BCUT2D eigenvalue weighted by Crippen LogP contribution is -2.30. The van der Waals surface area contributed by atoms with Crippen LogP contribution in [0.2, 0.25) is 0 Å². The summed E-state index contributed by atoms with van der Waals surface area (Å²) in [6.07, 6.45) is 1.32. The first-order valence-corrected chi connectivity index (χ1v) is 6.24. The summed E-state index contributed by atoms with van der Waals surface area (Å²) in [6.45, 7) is 0.367. The third-order valence-corrected chi connectivity index (χ3v) is 3.48. The highest BCUT2D eigenvalue weighted by Crippen LogP contribution is 2.31. The number of hydrogen-bond acceptors (Lipinski definition) is 4. The molecule has 3 rings (SSSR count). The zero-order valence-electron chi connectivity index (χ0n) is 10.7. The molecule has 2 aromatic rings. The monoisotopic (exact) mass is 257 g/mol. The molecule has 0 aliphatic carbocycles. The number of nitrogens with zero attached hydrogens (tertiary/aromatic N) is 2. The van der Waals surface area contributed by atoms with Gasteiger partial charge in [-0.15, -0.1) is 0 Å². The first kappa shape index (κ1) is 11.9. The van der Waals surface area contributed by atoms with Crippen molar-refractivity contribution < 1.29 is 9.32 Å². The highest BCUT2D eigenvalue weighted by atomic mass is 16.5. The SMILES string of the molecule is CN1C(=O)CCc2cc(-c3cc(CN)no3)ccc21. The molecule has 0 fully saturated rings. The molecule has 1 aromatic carbocycles. The molecule has 1 aliphatic rings. The van der Waals surface area contributed by atoms with Crippen molar-refractivity contribution in [3.05, 3.63) is 35.5 Å². The molecular weight excluding hydrogens is 242 g/mol. The van der Waals surface area contributed by atoms with Gasteiger partial charge < -0.3 is 15.2 Å². The Bertz CT molecular complexity index is 633. The Balaban J connectivity index is 1.99. The minimum atomic E-state index is 0.158. The van der Waals surface area contributed by atoms with Crippen LogP contribution in [0.1, 0.15) is 17.7 Å². The van der Waals surface area contributed by atoms with Crippen molar-refractivity contribution in [2.24, 2.45) is 5.73 Å². The van der Waals surface area contributed by atoms with Crippen molar-refractivity contribution in [2.75, 3.05) is 11.9 Å². The predicted molar refractivity (Wildman–Crippen MR) is 71.6 cm³/mol. The lowest BCUT2D eigenvalue weighted by molar-refractivity contribution is -0.118. The van der Waals surface area contributed by atoms with Gasteiger partial charge in [-0.05, 0) is 30.2 Å². The Labute approximate surface area is 111 Å². The first-order chi connectivity index (χ1) is 9.19. The van der Waals surface area contributed by atoms with Crippen molar-refractivity contribution in [3.63, 3.8) is 0 Å². The third-order valence-electron chi connectivity index (χ3n) is 3.48. The Morgan fingerprint density at radius 2 is 2.21 bits per heavy atom. The maximum Gasteiger partial charge on any atom is 0.227 e. The second-order valence-corrected chi connectivity index (χ2v) is 4.68. The van der Waals surface area contributed by atoms with Crippen molar-refractivity contribution in [1.29, 1.82) is 0 Å². The molecule has 2 heterocycles. The molecule has 98 valence electrons. The number of aromatic nitrogens is 1. The van der Waals surface area contributed by atoms with E-state index in [0.29, 0.717) is 18.7 Å². The van der Waals surface area contributed by atoms with Crippen LogP contribution in [0.15, 0.2) is 28.8 Å². The Morgan fingerprint density at radius 3 is 2.95 bits per heavy atom. The van der Waals surface area contributed by atoms with Gasteiger partial charge in [0.25, 0.3) is 0 Å². The Hall–Kier alpha value is -2.14. The number of benzene rings is 1. The van der Waals surface area contributed by atoms with Crippen molar-refractivity contribution in [1.82, 2.24) is 5.16 Å². The van der Waals surface area contributed by atoms with Gasteiger partial charge in [-0.25, -0.2) is 0 Å². The largest absolute Gasteiger partial charge is 0.356 e. The predicted octanol–water partition coefficient (Wildman–Crippen LogP) is 1.71. The zero-order chi connectivity index (χ0) is 13.4. The molecule has 2 N–H and O–H groups in total. The highest BCUT2D eigenvalue weighted by Gasteiger charge is 2.21. The first-order valence-electron chi connectivity index (χ1n) is 6.24. The fraction of sp³-hybridized carbons (Fsp3) is 0.286. The molecule has 0 spiro atoms. The van der Waals surface area contributed by atoms with E-state index in [4.69, 9.17) is 10.3 Å². The van der Waals surface area contributed by atoms with E-state index in [1.807, 2.05) is 18.2 Å². The molecule has 0 saturated carbocycles. The quantitative estimate of drug-likeness (QED) is 0.889. The maximum atomic E-state index is 11.6. The normalized spacial score (nSPS) is 14.6. The Kier molecular flexibility index (Phi) is 2.83. The van der Waals surface area contributed by atoms with Crippen LogP contribution < -0.4 is 10.6 Å². The van der Waals surface area contributed by atoms with Crippen molar-refractivity contribution >= 4 is 11.6 Å². The molecule has 0 bridgehead atoms. The van der Waals surface area contributed by atoms with Crippen LogP contribution in [0.25, 0.3) is 11.3 Å². The fourth-order valence-corrected chi connectivity index (χ4v) is 2.35. The molecule has 0 radical (unpaired) electrons. The van der Waals surface area contributed by atoms with E-state index < -0.39 is 0 Å². The number of fused-ring (bicyclic) bond motifs is 1. The summed E-state index contributed by atoms with van der Waals surface area (Å²) in [5.41, 5.74) is 9.35. The van der Waals surface area contributed by atoms with E-state index in [1.54, 1.807) is 11.9 Å². The Morgan fingerprint density at radius 1 is 1.37 bits per heavy atom. The van der Waals surface area contributed by atoms with Gasteiger partial charge in [-0.1, -0.05) is 5.16 Å². The van der Waals surface area contributed by atoms with Crippen LogP contribution in [0.4, 0.5) is 5.69 Å². The second-order valence-electron chi connectivity index (χ2n) is 4.68. The van der Waals surface area contributed by atoms with Crippen LogP contribution in [0, 0.1) is 0 Å². The van der Waals surface area contributed by atoms with Gasteiger partial charge in [-0.2, -0.15) is 0 Å². The number of carbonyl (C=O) groups is 1. The van der Waals surface area contributed by atoms with E-state index in [9.17, 15) is 4.79 Å². The number of carbonyl (C=O) groups excluding carboxylic acids is 1. The summed E-state index contributed by atoms with van der Waals surface area (Å²) < 4.78 is 5.27. The van der Waals surface area contributed by atoms with Crippen LogP contribution in [-0.2, 0) is 17.8 Å². The highest BCUT2D eigenvalue weighted by molar-refractivity contribution is 5.96. The van der Waals surface area contributed by atoms with Gasteiger partial charge >= 0.3 is 0 Å². The second kappa shape index (κ2) is 4.51. The van der Waals surface area contributed by atoms with E-state index in [-0.39, 0.29) is 5.91 Å². The van der Waals surface area contributed by atoms with Gasteiger partial charge in [0, 0.05) is 37.3 Å². The number of rotatable bonds is 2. The molecule has 1 amide bonds. The van der Waals surface area contributed by atoms with Gasteiger partial charge in [-0.3, -0.25) is 4.79 Å². The van der Waals surface area contributed by atoms with Crippen molar-refractivity contribution in [2.45, 2.75) is 19.4 Å². The third kappa shape index (κ3) is 2.02. The molecule has 5 heteroatoms. The average molecular weight is 257 g/mol. The summed E-state index contributed by atoms with van der Waals surface area (Å²) in [6, 6.07) is 7.79. The summed E-state index contributed by atoms with van der Waals surface area (Å²) in [5.74, 6) is 0.869. The number of aryl methyl sites for hydroxylation is 1. The number of anilines is 1. The molecule has 19 heavy (non-hydrogen) atoms. The molecule has 1 aromatic heterocycles. The van der Waals surface area contributed by atoms with Crippen LogP contribution >= 0.6 is 0 Å². The average Bonchev–Trinajstić information content (AvgIpc) is 2.91. The zero-order valence-corrected chi connectivity index (χ0v) is 10.7. The topological polar surface area (TPSA) is 72.4 Å². The molecule has 1 aliphatic heterocycles. The number of nitrogens with two attached hydrogens (primary N) is 1. The lowest BCUT2D eigenvalue weighted by Gasteiger charge is -2.25. The van der Waals surface area contributed by atoms with E-state index >= 15 is 0 Å². The fourth-order valence-electron chi connectivity index (χ4n) is 2.35. The summed E-state index contributed by atoms with van der Waals surface area (Å²) in [7, 11) is 1.81. The number of amides is 1. The lowest BCUT2D eigenvalue weighted by atomic mass is 9.98. The molecule has 0 unspecified atom stereocenters. The van der Waals surface area contributed by atoms with Gasteiger partial charge in [0.05, 0.1) is 5.69 Å². The molecule has 0 saturated heterocycles. The van der Waals surface area contributed by atoms with Crippen LogP contribution in [-0.4, -0.2) is 18.1 Å². The summed E-state index contributed by atoms with van der Waals surface area (Å²) in [4.78, 5) is 13.3. The number of hydrogen-bond donors (Lipinski definition) is 1. The van der Waals surface area contributed by atoms with E-state index in [2.05, 4.69) is 11.2 Å². The van der Waals surface area contributed by atoms with Crippen LogP contribution in [0.5, 0.6) is 0 Å². The van der Waals surface area contributed by atoms with E-state index in [0.717, 1.165) is 28.9 Å². The minimum Gasteiger partial charge on any atom is -0.356 e. The van der Waals surface area contributed by atoms with Gasteiger partial charge in [0.15, 0.2) is 5.76 Å². The summed E-state index contributed by atoms with van der Waals surface area (Å²) in [5, 5.41) is 3.89. The van der Waals surface area contributed by atoms with E-state index in [1.165, 1.54) is 0 Å². The molecule has 5 nitrogen and oxygen atoms in total. The standard InChI is InChI=1S/C14H15N3O2/c1-17-12-4-2-10(6-9(12)3-5-14(17)18)13-7-11(8-15)16-19-13/h2,4,6-7H,3,5,8,15H2,1H3. The van der Waals surface area contributed by atoms with Crippen LogP contribution in [0.3, 0.4) is 0 Å². The van der Waals surface area contributed by atoms with Gasteiger partial charge in [0.2, 0.25) is 5.91 Å². The van der Waals surface area contributed by atoms with Gasteiger partial charge in [0.1, 0.15) is 0 Å². The minimum absolute atomic E-state index is 0.158. The smallest absolute Gasteiger partial charge is 0.227 e. The molecular formula is C14H15N3O2. The molecule has 0 atom stereocenters. The van der Waals surface area contributed by atoms with Crippen molar-refractivity contribution in [3.8, 4) is 11.3 Å². The maximum absolute atomic E-state index is 11.6. The summed E-state index contributed by atoms with van der Waals surface area (Å²) >= 11 is 0.